The molecule has 4 rings (SSSR count). The first-order valence-corrected chi connectivity index (χ1v) is 12.3. The van der Waals surface area contributed by atoms with Gasteiger partial charge < -0.3 is 5.73 Å². The quantitative estimate of drug-likeness (QED) is 0.298. The van der Waals surface area contributed by atoms with Gasteiger partial charge in [-0.15, -0.1) is 5.10 Å². The highest BCUT2D eigenvalue weighted by Gasteiger charge is 2.32. The van der Waals surface area contributed by atoms with Crippen LogP contribution in [0.15, 0.2) is 34.1 Å². The number of aromatic amines is 2. The SMILES string of the molecule is Cc1n[nH]c2cc(F)c(-c3ccc(S(=O)(=O)CCN)c(S(N)(=O)=O)c3-c3nnn[nH]3)cc12. The third-order valence-electron chi connectivity index (χ3n) is 4.84. The van der Waals surface area contributed by atoms with Gasteiger partial charge in [-0.25, -0.2) is 31.5 Å². The average molecular weight is 481 g/mol. The lowest BCUT2D eigenvalue weighted by atomic mass is 9.97. The van der Waals surface area contributed by atoms with E-state index in [2.05, 4.69) is 30.8 Å². The van der Waals surface area contributed by atoms with Gasteiger partial charge in [0.15, 0.2) is 15.7 Å². The number of hydrogen-bond acceptors (Lipinski definition) is 9. The lowest BCUT2D eigenvalue weighted by molar-refractivity contribution is 0.583. The third kappa shape index (κ3) is 3.64. The molecule has 4 aromatic rings. The molecule has 32 heavy (non-hydrogen) atoms. The van der Waals surface area contributed by atoms with Crippen LogP contribution >= 0.6 is 0 Å². The largest absolute Gasteiger partial charge is 0.329 e. The number of nitrogens with one attached hydrogen (secondary N) is 2. The van der Waals surface area contributed by atoms with Gasteiger partial charge in [-0.1, -0.05) is 6.07 Å². The van der Waals surface area contributed by atoms with Crippen molar-refractivity contribution in [3.05, 3.63) is 35.8 Å². The number of tetrazole rings is 1. The number of aromatic nitrogens is 6. The normalized spacial score (nSPS) is 12.5. The van der Waals surface area contributed by atoms with Gasteiger partial charge in [0, 0.05) is 29.1 Å². The molecule has 0 unspecified atom stereocenters. The first kappa shape index (κ1) is 21.9. The summed E-state index contributed by atoms with van der Waals surface area (Å²) < 4.78 is 65.9. The van der Waals surface area contributed by atoms with E-state index in [0.717, 1.165) is 6.07 Å². The van der Waals surface area contributed by atoms with Crippen molar-refractivity contribution in [1.29, 1.82) is 0 Å². The number of H-pyrrole nitrogens is 2. The van der Waals surface area contributed by atoms with Crippen molar-refractivity contribution >= 4 is 30.8 Å². The Morgan fingerprint density at radius 2 is 1.84 bits per heavy atom. The number of halogens is 1. The number of fused-ring (bicyclic) bond motifs is 1. The van der Waals surface area contributed by atoms with E-state index in [0.29, 0.717) is 16.6 Å². The molecule has 0 spiro atoms. The zero-order chi connectivity index (χ0) is 23.3. The Balaban J connectivity index is 2.17. The van der Waals surface area contributed by atoms with Gasteiger partial charge >= 0.3 is 0 Å². The Kier molecular flexibility index (Phi) is 5.28. The van der Waals surface area contributed by atoms with Gasteiger partial charge in [-0.3, -0.25) is 5.10 Å². The minimum absolute atomic E-state index is 0.0132. The summed E-state index contributed by atoms with van der Waals surface area (Å²) in [7, 11) is -8.81. The summed E-state index contributed by atoms with van der Waals surface area (Å²) in [6.45, 7) is 1.46. The molecule has 0 aliphatic heterocycles. The molecule has 15 heteroatoms. The number of nitrogens with two attached hydrogens (primary N) is 2. The molecule has 0 radical (unpaired) electrons. The van der Waals surface area contributed by atoms with Crippen molar-refractivity contribution < 1.29 is 21.2 Å². The van der Waals surface area contributed by atoms with Crippen LogP contribution in [0.2, 0.25) is 0 Å². The molecule has 0 atom stereocenters. The second-order valence-corrected chi connectivity index (χ2v) is 10.5. The van der Waals surface area contributed by atoms with E-state index in [1.165, 1.54) is 18.2 Å². The average Bonchev–Trinajstić information content (AvgIpc) is 3.36. The van der Waals surface area contributed by atoms with Gasteiger partial charge in [0.25, 0.3) is 0 Å². The van der Waals surface area contributed by atoms with Crippen molar-refractivity contribution in [3.63, 3.8) is 0 Å². The summed E-state index contributed by atoms with van der Waals surface area (Å²) >= 11 is 0. The fourth-order valence-corrected chi connectivity index (χ4v) is 6.22. The molecule has 6 N–H and O–H groups in total. The summed E-state index contributed by atoms with van der Waals surface area (Å²) in [4.78, 5) is -1.34. The van der Waals surface area contributed by atoms with E-state index in [1.807, 2.05) is 0 Å². The minimum atomic E-state index is -4.65. The van der Waals surface area contributed by atoms with E-state index >= 15 is 4.39 Å². The van der Waals surface area contributed by atoms with Gasteiger partial charge in [0.05, 0.1) is 21.9 Å². The van der Waals surface area contributed by atoms with Crippen LogP contribution in [0.4, 0.5) is 4.39 Å². The predicted molar refractivity (Wildman–Crippen MR) is 112 cm³/mol. The van der Waals surface area contributed by atoms with E-state index in [1.54, 1.807) is 6.92 Å². The highest BCUT2D eigenvalue weighted by molar-refractivity contribution is 7.93. The van der Waals surface area contributed by atoms with E-state index in [-0.39, 0.29) is 29.1 Å². The predicted octanol–water partition coefficient (Wildman–Crippen LogP) is 0.237. The first-order valence-electron chi connectivity index (χ1n) is 9.06. The summed E-state index contributed by atoms with van der Waals surface area (Å²) in [6, 6.07) is 4.99. The molecule has 0 saturated heterocycles. The van der Waals surface area contributed by atoms with Crippen LogP contribution in [0.3, 0.4) is 0 Å². The molecule has 0 aliphatic rings. The third-order valence-corrected chi connectivity index (χ3v) is 7.75. The lowest BCUT2D eigenvalue weighted by Gasteiger charge is -2.16. The van der Waals surface area contributed by atoms with Gasteiger partial charge in [-0.05, 0) is 35.0 Å². The molecule has 0 saturated carbocycles. The number of aryl methyl sites for hydroxylation is 1. The van der Waals surface area contributed by atoms with Gasteiger partial charge in [0.1, 0.15) is 10.7 Å². The molecule has 12 nitrogen and oxygen atoms in total. The lowest BCUT2D eigenvalue weighted by Crippen LogP contribution is -2.22. The van der Waals surface area contributed by atoms with Crippen molar-refractivity contribution in [2.24, 2.45) is 10.9 Å². The van der Waals surface area contributed by atoms with Crippen LogP contribution in [-0.4, -0.2) is 60.0 Å². The number of benzene rings is 2. The maximum absolute atomic E-state index is 15.1. The molecule has 0 bridgehead atoms. The Morgan fingerprint density at radius 3 is 2.47 bits per heavy atom. The van der Waals surface area contributed by atoms with E-state index in [4.69, 9.17) is 10.9 Å². The van der Waals surface area contributed by atoms with Crippen LogP contribution in [0.5, 0.6) is 0 Å². The maximum atomic E-state index is 15.1. The van der Waals surface area contributed by atoms with Crippen LogP contribution < -0.4 is 10.9 Å². The van der Waals surface area contributed by atoms with Crippen molar-refractivity contribution in [2.75, 3.05) is 12.3 Å². The standard InChI is InChI=1S/C17H17FN8O4S2/c1-8-10-6-11(12(18)7-13(10)22-21-8)9-2-3-14(31(27,28)5-4-19)16(32(20,29)30)15(9)17-23-25-26-24-17/h2-3,6-7H,4-5,19H2,1H3,(H,21,22)(H2,20,29,30)(H,23,24,25,26). The van der Waals surface area contributed by atoms with Crippen LogP contribution in [0.25, 0.3) is 33.4 Å². The molecular formula is C17H17FN8O4S2. The fourth-order valence-electron chi connectivity index (χ4n) is 3.46. The second kappa shape index (κ2) is 7.70. The van der Waals surface area contributed by atoms with Crippen molar-refractivity contribution in [3.8, 4) is 22.5 Å². The number of primary sulfonamides is 1. The summed E-state index contributed by atoms with van der Waals surface area (Å²) in [5.74, 6) is -1.46. The van der Waals surface area contributed by atoms with Crippen molar-refractivity contribution in [1.82, 2.24) is 30.8 Å². The Hall–Kier alpha value is -3.27. The topological polar surface area (TPSA) is 203 Å². The molecule has 2 aromatic heterocycles. The summed E-state index contributed by atoms with van der Waals surface area (Å²) in [6.07, 6.45) is 0. The Morgan fingerprint density at radius 1 is 1.09 bits per heavy atom. The number of hydrogen-bond donors (Lipinski definition) is 4. The molecule has 0 fully saturated rings. The first-order chi connectivity index (χ1) is 15.0. The number of sulfonamides is 1. The zero-order valence-electron chi connectivity index (χ0n) is 16.5. The van der Waals surface area contributed by atoms with Crippen LogP contribution in [-0.2, 0) is 19.9 Å². The molecule has 2 aromatic carbocycles. The zero-order valence-corrected chi connectivity index (χ0v) is 18.1. The Labute approximate surface area is 181 Å². The highest BCUT2D eigenvalue weighted by atomic mass is 32.2. The van der Waals surface area contributed by atoms with E-state index in [9.17, 15) is 16.8 Å². The minimum Gasteiger partial charge on any atom is -0.329 e. The summed E-state index contributed by atoms with van der Waals surface area (Å²) in [5.41, 5.74) is 6.10. The molecule has 168 valence electrons. The molecular weight excluding hydrogens is 463 g/mol. The molecule has 2 heterocycles. The van der Waals surface area contributed by atoms with E-state index < -0.39 is 41.2 Å². The smallest absolute Gasteiger partial charge is 0.240 e. The highest BCUT2D eigenvalue weighted by Crippen LogP contribution is 2.40. The van der Waals surface area contributed by atoms with Crippen LogP contribution in [0.1, 0.15) is 5.69 Å². The monoisotopic (exact) mass is 480 g/mol. The maximum Gasteiger partial charge on any atom is 0.240 e. The molecule has 0 amide bonds. The summed E-state index contributed by atoms with van der Waals surface area (Å²) in [5, 5.41) is 25.7. The Bertz CT molecular complexity index is 1550. The number of nitrogens with zero attached hydrogens (tertiary/aromatic N) is 4. The van der Waals surface area contributed by atoms with Gasteiger partial charge in [-0.2, -0.15) is 5.10 Å². The number of rotatable bonds is 6. The fraction of sp³-hybridized carbons (Fsp3) is 0.176. The number of sulfone groups is 1. The second-order valence-electron chi connectivity index (χ2n) is 6.90. The van der Waals surface area contributed by atoms with Gasteiger partial charge in [0.2, 0.25) is 10.0 Å². The molecule has 0 aliphatic carbocycles. The van der Waals surface area contributed by atoms with Crippen LogP contribution in [0, 0.1) is 12.7 Å². The van der Waals surface area contributed by atoms with Crippen molar-refractivity contribution in [2.45, 2.75) is 16.7 Å².